The van der Waals surface area contributed by atoms with Crippen molar-refractivity contribution in [1.82, 2.24) is 9.62 Å². The fourth-order valence-electron chi connectivity index (χ4n) is 4.76. The van der Waals surface area contributed by atoms with E-state index in [0.29, 0.717) is 37.1 Å². The molecule has 1 saturated heterocycles. The molecular weight excluding hydrogens is 516 g/mol. The lowest BCUT2D eigenvalue weighted by Gasteiger charge is -2.34. The number of nitrogens with zero attached hydrogens (tertiary/aromatic N) is 1. The first-order chi connectivity index (χ1) is 18.5. The van der Waals surface area contributed by atoms with Gasteiger partial charge in [0.15, 0.2) is 0 Å². The molecule has 0 aromatic heterocycles. The van der Waals surface area contributed by atoms with Crippen molar-refractivity contribution >= 4 is 38.5 Å². The van der Waals surface area contributed by atoms with Gasteiger partial charge in [-0.3, -0.25) is 15.0 Å². The van der Waals surface area contributed by atoms with Crippen LogP contribution >= 0.6 is 0 Å². The monoisotopic (exact) mass is 550 g/mol. The average molecular weight is 551 g/mol. The zero-order valence-electron chi connectivity index (χ0n) is 22.1. The lowest BCUT2D eigenvalue weighted by Crippen LogP contribution is -2.52. The van der Waals surface area contributed by atoms with Gasteiger partial charge in [0, 0.05) is 18.7 Å². The number of nitrogen functional groups attached to an aromatic ring is 1. The number of benzene rings is 3. The summed E-state index contributed by atoms with van der Waals surface area (Å²) in [5, 5.41) is 9.41. The van der Waals surface area contributed by atoms with Gasteiger partial charge in [-0.1, -0.05) is 48.5 Å². The first-order valence-corrected chi connectivity index (χ1v) is 14.5. The van der Waals surface area contributed by atoms with Gasteiger partial charge in [-0.25, -0.2) is 8.42 Å². The number of amidine groups is 1. The standard InChI is InChI=1S/C29H34N4O5S/c1-19(2)38-29(35)22-12-14-33(15-13-22)28(34)26(17-20-6-5-9-24(16-20)27(30)31)32-39(36,37)25-11-10-21-7-3-4-8-23(21)18-25/h3-11,16,18-19,22,26,32H,12-15,17H2,1-2H3,(H3,30,31). The molecule has 1 heterocycles. The van der Waals surface area contributed by atoms with Crippen LogP contribution in [0.15, 0.2) is 71.6 Å². The summed E-state index contributed by atoms with van der Waals surface area (Å²) in [6.07, 6.45) is 0.752. The fraction of sp³-hybridized carbons (Fsp3) is 0.345. The molecule has 1 atom stereocenters. The highest BCUT2D eigenvalue weighted by atomic mass is 32.2. The van der Waals surface area contributed by atoms with E-state index in [1.165, 1.54) is 6.07 Å². The maximum absolute atomic E-state index is 13.7. The molecule has 1 aliphatic rings. The molecule has 0 spiro atoms. The number of nitrogens with one attached hydrogen (secondary N) is 2. The third kappa shape index (κ3) is 7.01. The Hall–Kier alpha value is -3.76. The molecule has 0 radical (unpaired) electrons. The van der Waals surface area contributed by atoms with Crippen LogP contribution < -0.4 is 10.5 Å². The van der Waals surface area contributed by atoms with Crippen LogP contribution in [0.2, 0.25) is 0 Å². The Kier molecular flexibility index (Phi) is 8.66. The summed E-state index contributed by atoms with van der Waals surface area (Å²) in [6, 6.07) is 18.0. The minimum atomic E-state index is -4.06. The molecule has 0 aliphatic carbocycles. The second-order valence-corrected chi connectivity index (χ2v) is 11.8. The number of hydrogen-bond donors (Lipinski definition) is 3. The summed E-state index contributed by atoms with van der Waals surface area (Å²) in [7, 11) is -4.06. The number of rotatable bonds is 9. The molecule has 1 aliphatic heterocycles. The highest BCUT2D eigenvalue weighted by molar-refractivity contribution is 7.89. The van der Waals surface area contributed by atoms with Crippen molar-refractivity contribution in [3.63, 3.8) is 0 Å². The van der Waals surface area contributed by atoms with E-state index in [2.05, 4.69) is 4.72 Å². The summed E-state index contributed by atoms with van der Waals surface area (Å²) in [5.41, 5.74) is 6.79. The highest BCUT2D eigenvalue weighted by Crippen LogP contribution is 2.23. The Morgan fingerprint density at radius 1 is 1.03 bits per heavy atom. The van der Waals surface area contributed by atoms with Gasteiger partial charge < -0.3 is 15.4 Å². The van der Waals surface area contributed by atoms with Crippen LogP contribution in [0.5, 0.6) is 0 Å². The van der Waals surface area contributed by atoms with Gasteiger partial charge in [-0.15, -0.1) is 0 Å². The first-order valence-electron chi connectivity index (χ1n) is 13.0. The van der Waals surface area contributed by atoms with Crippen LogP contribution in [0.1, 0.15) is 37.8 Å². The first kappa shape index (κ1) is 28.3. The molecule has 206 valence electrons. The van der Waals surface area contributed by atoms with E-state index in [4.69, 9.17) is 15.9 Å². The summed E-state index contributed by atoms with van der Waals surface area (Å²) >= 11 is 0. The zero-order chi connectivity index (χ0) is 28.2. The molecule has 10 heteroatoms. The molecule has 1 amide bonds. The summed E-state index contributed by atoms with van der Waals surface area (Å²) in [4.78, 5) is 27.7. The van der Waals surface area contributed by atoms with E-state index in [9.17, 15) is 18.0 Å². The van der Waals surface area contributed by atoms with Crippen molar-refractivity contribution in [2.24, 2.45) is 11.7 Å². The Morgan fingerprint density at radius 3 is 2.38 bits per heavy atom. The van der Waals surface area contributed by atoms with Crippen molar-refractivity contribution in [3.8, 4) is 0 Å². The Bertz CT molecular complexity index is 1480. The third-order valence-corrected chi connectivity index (χ3v) is 8.27. The molecule has 4 N–H and O–H groups in total. The molecular formula is C29H34N4O5S. The molecule has 1 fully saturated rings. The van der Waals surface area contributed by atoms with E-state index in [1.54, 1.807) is 55.1 Å². The van der Waals surface area contributed by atoms with Crippen LogP contribution in [0.3, 0.4) is 0 Å². The van der Waals surface area contributed by atoms with Gasteiger partial charge in [-0.2, -0.15) is 4.72 Å². The average Bonchev–Trinajstić information content (AvgIpc) is 2.91. The van der Waals surface area contributed by atoms with Gasteiger partial charge in [0.2, 0.25) is 15.9 Å². The molecule has 9 nitrogen and oxygen atoms in total. The van der Waals surface area contributed by atoms with Crippen molar-refractivity contribution in [2.45, 2.75) is 50.2 Å². The minimum absolute atomic E-state index is 0.0617. The van der Waals surface area contributed by atoms with Crippen LogP contribution in [0.4, 0.5) is 0 Å². The lowest BCUT2D eigenvalue weighted by molar-refractivity contribution is -0.155. The predicted octanol–water partition coefficient (Wildman–Crippen LogP) is 3.20. The smallest absolute Gasteiger partial charge is 0.309 e. The van der Waals surface area contributed by atoms with Gasteiger partial charge >= 0.3 is 5.97 Å². The number of amides is 1. The van der Waals surface area contributed by atoms with Gasteiger partial charge in [-0.05, 0) is 67.6 Å². The molecule has 0 bridgehead atoms. The number of hydrogen-bond acceptors (Lipinski definition) is 6. The number of nitrogens with two attached hydrogens (primary N) is 1. The van der Waals surface area contributed by atoms with E-state index < -0.39 is 16.1 Å². The third-order valence-electron chi connectivity index (χ3n) is 6.80. The van der Waals surface area contributed by atoms with E-state index in [-0.39, 0.29) is 41.1 Å². The molecule has 0 saturated carbocycles. The highest BCUT2D eigenvalue weighted by Gasteiger charge is 2.34. The second-order valence-electron chi connectivity index (χ2n) is 10.1. The van der Waals surface area contributed by atoms with Crippen molar-refractivity contribution in [2.75, 3.05) is 13.1 Å². The zero-order valence-corrected chi connectivity index (χ0v) is 22.9. The number of fused-ring (bicyclic) bond motifs is 1. The summed E-state index contributed by atoms with van der Waals surface area (Å²) in [6.45, 7) is 4.23. The van der Waals surface area contributed by atoms with Crippen molar-refractivity contribution in [1.29, 1.82) is 5.41 Å². The lowest BCUT2D eigenvalue weighted by atomic mass is 9.95. The summed E-state index contributed by atoms with van der Waals surface area (Å²) in [5.74, 6) is -1.06. The number of carbonyl (C=O) groups excluding carboxylic acids is 2. The van der Waals surface area contributed by atoms with Crippen LogP contribution in [-0.2, 0) is 30.8 Å². The summed E-state index contributed by atoms with van der Waals surface area (Å²) < 4.78 is 34.9. The Morgan fingerprint density at radius 2 is 1.72 bits per heavy atom. The molecule has 1 unspecified atom stereocenters. The number of piperidine rings is 1. The maximum atomic E-state index is 13.7. The van der Waals surface area contributed by atoms with Crippen LogP contribution in [0.25, 0.3) is 10.8 Å². The minimum Gasteiger partial charge on any atom is -0.463 e. The largest absolute Gasteiger partial charge is 0.463 e. The normalized spacial score (nSPS) is 15.3. The molecule has 39 heavy (non-hydrogen) atoms. The van der Waals surface area contributed by atoms with Crippen LogP contribution in [-0.4, -0.2) is 56.3 Å². The Labute approximate surface area is 228 Å². The van der Waals surface area contributed by atoms with E-state index in [1.807, 2.05) is 24.3 Å². The molecule has 3 aromatic rings. The van der Waals surface area contributed by atoms with Gasteiger partial charge in [0.25, 0.3) is 0 Å². The molecule has 4 rings (SSSR count). The number of likely N-dealkylation sites (tertiary alicyclic amines) is 1. The number of ether oxygens (including phenoxy) is 1. The van der Waals surface area contributed by atoms with Gasteiger partial charge in [0.1, 0.15) is 11.9 Å². The van der Waals surface area contributed by atoms with Crippen LogP contribution in [0, 0.1) is 11.3 Å². The van der Waals surface area contributed by atoms with Crippen molar-refractivity contribution in [3.05, 3.63) is 77.9 Å². The van der Waals surface area contributed by atoms with E-state index in [0.717, 1.165) is 10.8 Å². The van der Waals surface area contributed by atoms with Gasteiger partial charge in [0.05, 0.1) is 16.9 Å². The SMILES string of the molecule is CC(C)OC(=O)C1CCN(C(=O)C(Cc2cccc(C(=N)N)c2)NS(=O)(=O)c2ccc3ccccc3c2)CC1. The topological polar surface area (TPSA) is 143 Å². The number of sulfonamides is 1. The molecule has 3 aromatic carbocycles. The van der Waals surface area contributed by atoms with E-state index >= 15 is 0 Å². The Balaban J connectivity index is 1.57. The van der Waals surface area contributed by atoms with Crippen molar-refractivity contribution < 1.29 is 22.7 Å². The maximum Gasteiger partial charge on any atom is 0.309 e. The predicted molar refractivity (Wildman–Crippen MR) is 150 cm³/mol. The number of carbonyl (C=O) groups is 2. The number of esters is 1. The quantitative estimate of drug-likeness (QED) is 0.212. The fourth-order valence-corrected chi connectivity index (χ4v) is 5.98. The second kappa shape index (κ2) is 12.0.